The first-order valence-corrected chi connectivity index (χ1v) is 11.6. The number of pyridine rings is 1. The summed E-state index contributed by atoms with van der Waals surface area (Å²) < 4.78 is 7.21. The lowest BCUT2D eigenvalue weighted by atomic mass is 10.1. The minimum atomic E-state index is -0.274. The van der Waals surface area contributed by atoms with Crippen molar-refractivity contribution in [1.29, 1.82) is 0 Å². The van der Waals surface area contributed by atoms with Gasteiger partial charge in [0.25, 0.3) is 5.91 Å². The van der Waals surface area contributed by atoms with Gasteiger partial charge in [-0.25, -0.2) is 14.5 Å². The molecule has 3 aromatic heterocycles. The molecule has 0 aliphatic carbocycles. The molecule has 178 valence electrons. The molecule has 0 atom stereocenters. The summed E-state index contributed by atoms with van der Waals surface area (Å²) in [5.74, 6) is 0.466. The maximum absolute atomic E-state index is 13.5. The Morgan fingerprint density at radius 1 is 1.06 bits per heavy atom. The van der Waals surface area contributed by atoms with Crippen LogP contribution in [0.25, 0.3) is 22.3 Å². The smallest absolute Gasteiger partial charge is 0.321 e. The number of furan rings is 1. The largest absolute Gasteiger partial charge is 0.467 e. The summed E-state index contributed by atoms with van der Waals surface area (Å²) in [6, 6.07) is 22.3. The van der Waals surface area contributed by atoms with E-state index in [-0.39, 0.29) is 11.9 Å². The van der Waals surface area contributed by atoms with Crippen LogP contribution in [-0.2, 0) is 6.54 Å². The van der Waals surface area contributed by atoms with Crippen LogP contribution in [0.1, 0.15) is 16.1 Å². The van der Waals surface area contributed by atoms with Crippen LogP contribution < -0.4 is 15.5 Å². The van der Waals surface area contributed by atoms with E-state index < -0.39 is 0 Å². The molecule has 9 heteroatoms. The zero-order valence-electron chi connectivity index (χ0n) is 19.2. The fourth-order valence-electron chi connectivity index (χ4n) is 4.30. The highest BCUT2D eigenvalue weighted by Crippen LogP contribution is 2.27. The summed E-state index contributed by atoms with van der Waals surface area (Å²) in [5.41, 5.74) is 4.02. The number of fused-ring (bicyclic) bond motifs is 1. The third-order valence-electron chi connectivity index (χ3n) is 6.10. The van der Waals surface area contributed by atoms with Crippen LogP contribution in [0.5, 0.6) is 0 Å². The van der Waals surface area contributed by atoms with Crippen LogP contribution in [-0.4, -0.2) is 39.8 Å². The lowest BCUT2D eigenvalue weighted by Crippen LogP contribution is -2.27. The molecule has 2 aromatic carbocycles. The van der Waals surface area contributed by atoms with Gasteiger partial charge in [-0.1, -0.05) is 30.3 Å². The van der Waals surface area contributed by atoms with Crippen molar-refractivity contribution in [2.45, 2.75) is 6.54 Å². The number of rotatable bonds is 6. The second-order valence-electron chi connectivity index (χ2n) is 8.42. The lowest BCUT2D eigenvalue weighted by Gasteiger charge is -2.15. The Bertz CT molecular complexity index is 1540. The zero-order chi connectivity index (χ0) is 24.5. The summed E-state index contributed by atoms with van der Waals surface area (Å²) in [4.78, 5) is 31.9. The number of carbonyl (C=O) groups is 2. The highest BCUT2D eigenvalue weighted by molar-refractivity contribution is 6.12. The SMILES string of the molecule is O=C(Nc1ccc(N2CCNC2=O)cc1)c1cc(-c2ccccc2)nc2c1cnn2Cc1ccco1. The molecule has 1 aliphatic rings. The monoisotopic (exact) mass is 478 g/mol. The van der Waals surface area contributed by atoms with Gasteiger partial charge in [0.15, 0.2) is 5.65 Å². The predicted octanol–water partition coefficient (Wildman–Crippen LogP) is 4.52. The fraction of sp³-hybridized carbons (Fsp3) is 0.111. The molecule has 2 N–H and O–H groups in total. The molecule has 0 radical (unpaired) electrons. The van der Waals surface area contributed by atoms with Crippen LogP contribution in [0.2, 0.25) is 0 Å². The fourth-order valence-corrected chi connectivity index (χ4v) is 4.30. The average Bonchev–Trinajstić information content (AvgIpc) is 3.67. The maximum atomic E-state index is 13.5. The highest BCUT2D eigenvalue weighted by Gasteiger charge is 2.21. The number of urea groups is 1. The summed E-state index contributed by atoms with van der Waals surface area (Å²) in [5, 5.41) is 10.9. The van der Waals surface area contributed by atoms with E-state index in [2.05, 4.69) is 15.7 Å². The van der Waals surface area contributed by atoms with E-state index in [0.717, 1.165) is 17.0 Å². The van der Waals surface area contributed by atoms with Crippen molar-refractivity contribution in [3.63, 3.8) is 0 Å². The van der Waals surface area contributed by atoms with E-state index in [1.54, 1.807) is 40.2 Å². The molecule has 36 heavy (non-hydrogen) atoms. The Labute approximate surface area is 206 Å². The van der Waals surface area contributed by atoms with E-state index in [4.69, 9.17) is 9.40 Å². The number of nitrogens with one attached hydrogen (secondary N) is 2. The van der Waals surface area contributed by atoms with Crippen LogP contribution in [0.4, 0.5) is 16.2 Å². The number of anilines is 2. The van der Waals surface area contributed by atoms with Gasteiger partial charge in [0, 0.05) is 30.0 Å². The number of hydrogen-bond donors (Lipinski definition) is 2. The van der Waals surface area contributed by atoms with Gasteiger partial charge in [-0.05, 0) is 42.5 Å². The Hall–Kier alpha value is -4.92. The third kappa shape index (κ3) is 4.07. The van der Waals surface area contributed by atoms with E-state index in [9.17, 15) is 9.59 Å². The predicted molar refractivity (Wildman–Crippen MR) is 136 cm³/mol. The molecule has 1 saturated heterocycles. The first kappa shape index (κ1) is 21.6. The van der Waals surface area contributed by atoms with Gasteiger partial charge in [-0.15, -0.1) is 0 Å². The molecule has 0 saturated carbocycles. The van der Waals surface area contributed by atoms with Crippen molar-refractivity contribution in [1.82, 2.24) is 20.1 Å². The molecule has 0 bridgehead atoms. The van der Waals surface area contributed by atoms with Crippen molar-refractivity contribution >= 4 is 34.3 Å². The quantitative estimate of drug-likeness (QED) is 0.373. The van der Waals surface area contributed by atoms with Crippen LogP contribution in [0.3, 0.4) is 0 Å². The van der Waals surface area contributed by atoms with Crippen LogP contribution in [0, 0.1) is 0 Å². The van der Waals surface area contributed by atoms with E-state index in [1.807, 2.05) is 54.6 Å². The van der Waals surface area contributed by atoms with Crippen LogP contribution >= 0.6 is 0 Å². The second-order valence-corrected chi connectivity index (χ2v) is 8.42. The number of aromatic nitrogens is 3. The molecule has 9 nitrogen and oxygen atoms in total. The number of carbonyl (C=O) groups excluding carboxylic acids is 2. The maximum Gasteiger partial charge on any atom is 0.321 e. The number of amides is 3. The molecular formula is C27H22N6O3. The first-order chi connectivity index (χ1) is 17.7. The van der Waals surface area contributed by atoms with Crippen molar-refractivity contribution < 1.29 is 14.0 Å². The average molecular weight is 479 g/mol. The second kappa shape index (κ2) is 9.03. The van der Waals surface area contributed by atoms with Gasteiger partial charge in [0.05, 0.1) is 29.1 Å². The number of nitrogens with zero attached hydrogens (tertiary/aromatic N) is 4. The van der Waals surface area contributed by atoms with Gasteiger partial charge < -0.3 is 15.1 Å². The Morgan fingerprint density at radius 2 is 1.89 bits per heavy atom. The molecular weight excluding hydrogens is 456 g/mol. The van der Waals surface area contributed by atoms with Crippen molar-refractivity contribution in [2.75, 3.05) is 23.3 Å². The zero-order valence-corrected chi connectivity index (χ0v) is 19.2. The first-order valence-electron chi connectivity index (χ1n) is 11.6. The lowest BCUT2D eigenvalue weighted by molar-refractivity contribution is 0.102. The molecule has 0 spiro atoms. The topological polar surface area (TPSA) is 105 Å². The third-order valence-corrected chi connectivity index (χ3v) is 6.10. The van der Waals surface area contributed by atoms with Crippen molar-refractivity contribution in [2.24, 2.45) is 0 Å². The Kier molecular flexibility index (Phi) is 5.42. The standard InChI is InChI=1S/C27H22N6O3/c34-26(30-19-8-10-20(11-9-19)32-13-12-28-27(32)35)22-15-24(18-5-2-1-3-6-18)31-25-23(22)16-29-33(25)17-21-7-4-14-36-21/h1-11,14-16H,12-13,17H2,(H,28,35)(H,30,34). The normalized spacial score (nSPS) is 13.2. The van der Waals surface area contributed by atoms with Gasteiger partial charge in [0.1, 0.15) is 12.3 Å². The number of benzene rings is 2. The van der Waals surface area contributed by atoms with E-state index in [1.165, 1.54) is 0 Å². The summed E-state index contributed by atoms with van der Waals surface area (Å²) in [6.45, 7) is 1.63. The van der Waals surface area contributed by atoms with Gasteiger partial charge in [0.2, 0.25) is 0 Å². The van der Waals surface area contributed by atoms with Crippen molar-refractivity contribution in [3.05, 3.63) is 96.6 Å². The molecule has 1 fully saturated rings. The van der Waals surface area contributed by atoms with Gasteiger partial charge in [-0.2, -0.15) is 5.10 Å². The van der Waals surface area contributed by atoms with Crippen LogP contribution in [0.15, 0.2) is 89.7 Å². The Balaban J connectivity index is 1.35. The highest BCUT2D eigenvalue weighted by atomic mass is 16.3. The summed E-state index contributed by atoms with van der Waals surface area (Å²) in [6.07, 6.45) is 3.27. The molecule has 6 rings (SSSR count). The van der Waals surface area contributed by atoms with E-state index in [0.29, 0.717) is 47.6 Å². The molecule has 0 unspecified atom stereocenters. The molecule has 1 aliphatic heterocycles. The number of hydrogen-bond acceptors (Lipinski definition) is 5. The summed E-state index contributed by atoms with van der Waals surface area (Å²) in [7, 11) is 0. The van der Waals surface area contributed by atoms with Gasteiger partial charge >= 0.3 is 6.03 Å². The summed E-state index contributed by atoms with van der Waals surface area (Å²) >= 11 is 0. The van der Waals surface area contributed by atoms with E-state index >= 15 is 0 Å². The Morgan fingerprint density at radius 3 is 2.61 bits per heavy atom. The molecule has 4 heterocycles. The van der Waals surface area contributed by atoms with Crippen molar-refractivity contribution in [3.8, 4) is 11.3 Å². The van der Waals surface area contributed by atoms with Gasteiger partial charge in [-0.3, -0.25) is 9.69 Å². The minimum absolute atomic E-state index is 0.119. The molecule has 5 aromatic rings. The molecule has 3 amide bonds. The minimum Gasteiger partial charge on any atom is -0.467 e.